The summed E-state index contributed by atoms with van der Waals surface area (Å²) in [6.07, 6.45) is 6.39. The van der Waals surface area contributed by atoms with Crippen molar-refractivity contribution < 1.29 is 4.79 Å². The fourth-order valence-corrected chi connectivity index (χ4v) is 4.34. The summed E-state index contributed by atoms with van der Waals surface area (Å²) in [7, 11) is 1.63. The van der Waals surface area contributed by atoms with Crippen LogP contribution in [0.25, 0.3) is 10.6 Å². The van der Waals surface area contributed by atoms with E-state index in [1.165, 1.54) is 22.3 Å². The molecular formula is C20H22N4O2S. The Hall–Kier alpha value is -2.67. The second kappa shape index (κ2) is 7.52. The van der Waals surface area contributed by atoms with Gasteiger partial charge in [0, 0.05) is 13.2 Å². The molecule has 3 aromatic rings. The number of nitrogens with one attached hydrogen (secondary N) is 1. The summed E-state index contributed by atoms with van der Waals surface area (Å²) in [5.41, 5.74) is 1.77. The van der Waals surface area contributed by atoms with Gasteiger partial charge < -0.3 is 9.88 Å². The highest BCUT2D eigenvalue weighted by molar-refractivity contribution is 7.13. The fourth-order valence-electron chi connectivity index (χ4n) is 3.60. The summed E-state index contributed by atoms with van der Waals surface area (Å²) in [4.78, 5) is 25.7. The SMILES string of the molecule is Cn1cccc(C(=O)NCc2cc(-c3cccs3)n(C3CCCC3)n2)c1=O. The van der Waals surface area contributed by atoms with E-state index in [2.05, 4.69) is 21.4 Å². The molecule has 140 valence electrons. The Labute approximate surface area is 161 Å². The minimum Gasteiger partial charge on any atom is -0.346 e. The van der Waals surface area contributed by atoms with Gasteiger partial charge in [-0.05, 0) is 42.5 Å². The number of amides is 1. The van der Waals surface area contributed by atoms with Crippen LogP contribution >= 0.6 is 11.3 Å². The maximum atomic E-state index is 12.4. The maximum absolute atomic E-state index is 12.4. The first kappa shape index (κ1) is 17.7. The lowest BCUT2D eigenvalue weighted by Gasteiger charge is -2.13. The van der Waals surface area contributed by atoms with Gasteiger partial charge in [0.25, 0.3) is 11.5 Å². The molecule has 0 aliphatic heterocycles. The topological polar surface area (TPSA) is 68.9 Å². The van der Waals surface area contributed by atoms with Gasteiger partial charge >= 0.3 is 0 Å². The van der Waals surface area contributed by atoms with Crippen LogP contribution in [0.4, 0.5) is 0 Å². The molecule has 4 rings (SSSR count). The van der Waals surface area contributed by atoms with E-state index >= 15 is 0 Å². The van der Waals surface area contributed by atoms with E-state index in [0.717, 1.165) is 24.2 Å². The van der Waals surface area contributed by atoms with Gasteiger partial charge in [-0.3, -0.25) is 14.3 Å². The molecule has 0 unspecified atom stereocenters. The van der Waals surface area contributed by atoms with Gasteiger partial charge in [-0.2, -0.15) is 5.10 Å². The molecule has 3 aromatic heterocycles. The van der Waals surface area contributed by atoms with Gasteiger partial charge in [-0.1, -0.05) is 18.9 Å². The largest absolute Gasteiger partial charge is 0.346 e. The van der Waals surface area contributed by atoms with Gasteiger partial charge in [0.2, 0.25) is 0 Å². The number of thiophene rings is 1. The molecule has 1 N–H and O–H groups in total. The van der Waals surface area contributed by atoms with Gasteiger partial charge in [-0.25, -0.2) is 0 Å². The predicted molar refractivity (Wildman–Crippen MR) is 106 cm³/mol. The molecule has 0 spiro atoms. The zero-order valence-corrected chi connectivity index (χ0v) is 16.0. The number of carbonyl (C=O) groups excluding carboxylic acids is 1. The van der Waals surface area contributed by atoms with E-state index < -0.39 is 0 Å². The molecule has 1 fully saturated rings. The lowest BCUT2D eigenvalue weighted by Crippen LogP contribution is -2.31. The van der Waals surface area contributed by atoms with E-state index in [1.54, 1.807) is 36.7 Å². The summed E-state index contributed by atoms with van der Waals surface area (Å²) >= 11 is 1.69. The van der Waals surface area contributed by atoms with Crippen LogP contribution in [0.3, 0.4) is 0 Å². The quantitative estimate of drug-likeness (QED) is 0.736. The third-order valence-corrected chi connectivity index (χ3v) is 5.92. The standard InChI is InChI=1S/C20H22N4O2S/c1-23-10-4-8-16(20(23)26)19(25)21-13-14-12-17(18-9-5-11-27-18)24(22-14)15-6-2-3-7-15/h4-5,8-12,15H,2-3,6-7,13H2,1H3,(H,21,25). The first-order chi connectivity index (χ1) is 13.1. The van der Waals surface area contributed by atoms with Crippen molar-refractivity contribution in [2.24, 2.45) is 7.05 Å². The summed E-state index contributed by atoms with van der Waals surface area (Å²) in [6.45, 7) is 0.301. The minimum absolute atomic E-state index is 0.147. The Kier molecular flexibility index (Phi) is 4.94. The minimum atomic E-state index is -0.371. The lowest BCUT2D eigenvalue weighted by atomic mass is 10.2. The molecule has 0 saturated heterocycles. The average Bonchev–Trinajstić information content (AvgIpc) is 3.41. The first-order valence-electron chi connectivity index (χ1n) is 9.19. The normalized spacial score (nSPS) is 14.6. The number of hydrogen-bond donors (Lipinski definition) is 1. The summed E-state index contributed by atoms with van der Waals surface area (Å²) in [5, 5.41) is 9.68. The van der Waals surface area contributed by atoms with Crippen LogP contribution in [0.5, 0.6) is 0 Å². The molecule has 1 saturated carbocycles. The monoisotopic (exact) mass is 382 g/mol. The molecule has 3 heterocycles. The van der Waals surface area contributed by atoms with Crippen LogP contribution in [0.15, 0.2) is 46.7 Å². The van der Waals surface area contributed by atoms with Crippen molar-refractivity contribution in [3.8, 4) is 10.6 Å². The second-order valence-electron chi connectivity index (χ2n) is 6.90. The van der Waals surface area contributed by atoms with E-state index in [-0.39, 0.29) is 17.0 Å². The highest BCUT2D eigenvalue weighted by atomic mass is 32.1. The number of rotatable bonds is 5. The van der Waals surface area contributed by atoms with E-state index in [4.69, 9.17) is 5.10 Å². The van der Waals surface area contributed by atoms with Crippen LogP contribution in [0.1, 0.15) is 47.8 Å². The van der Waals surface area contributed by atoms with Gasteiger partial charge in [-0.15, -0.1) is 11.3 Å². The lowest BCUT2D eigenvalue weighted by molar-refractivity contribution is 0.0948. The van der Waals surface area contributed by atoms with E-state index in [1.807, 2.05) is 12.1 Å². The Morgan fingerprint density at radius 1 is 1.30 bits per heavy atom. The second-order valence-corrected chi connectivity index (χ2v) is 7.85. The van der Waals surface area contributed by atoms with Crippen molar-refractivity contribution in [3.63, 3.8) is 0 Å². The van der Waals surface area contributed by atoms with Crippen LogP contribution in [-0.2, 0) is 13.6 Å². The molecule has 7 heteroatoms. The van der Waals surface area contributed by atoms with Gasteiger partial charge in [0.05, 0.1) is 28.9 Å². The van der Waals surface area contributed by atoms with Crippen molar-refractivity contribution in [1.29, 1.82) is 0 Å². The third-order valence-electron chi connectivity index (χ3n) is 5.03. The van der Waals surface area contributed by atoms with Crippen molar-refractivity contribution in [3.05, 3.63) is 63.5 Å². The predicted octanol–water partition coefficient (Wildman–Crippen LogP) is 3.36. The number of nitrogens with zero attached hydrogens (tertiary/aromatic N) is 3. The molecular weight excluding hydrogens is 360 g/mol. The summed E-state index contributed by atoms with van der Waals surface area (Å²) in [5.74, 6) is -0.371. The van der Waals surface area contributed by atoms with Crippen LogP contribution in [0, 0.1) is 0 Å². The Balaban J connectivity index is 1.55. The van der Waals surface area contributed by atoms with Gasteiger partial charge in [0.1, 0.15) is 5.56 Å². The van der Waals surface area contributed by atoms with Crippen molar-refractivity contribution in [2.45, 2.75) is 38.3 Å². The smallest absolute Gasteiger partial charge is 0.263 e. The summed E-state index contributed by atoms with van der Waals surface area (Å²) in [6, 6.07) is 9.86. The zero-order chi connectivity index (χ0) is 18.8. The average molecular weight is 382 g/mol. The molecule has 1 aliphatic rings. The van der Waals surface area contributed by atoms with Crippen LogP contribution in [-0.4, -0.2) is 20.3 Å². The Morgan fingerprint density at radius 2 is 2.11 bits per heavy atom. The number of aryl methyl sites for hydroxylation is 1. The first-order valence-corrected chi connectivity index (χ1v) is 10.1. The van der Waals surface area contributed by atoms with E-state index in [0.29, 0.717) is 12.6 Å². The molecule has 1 aliphatic carbocycles. The highest BCUT2D eigenvalue weighted by Crippen LogP contribution is 2.35. The van der Waals surface area contributed by atoms with Crippen LogP contribution < -0.4 is 10.9 Å². The molecule has 0 aromatic carbocycles. The van der Waals surface area contributed by atoms with Gasteiger partial charge in [0.15, 0.2) is 0 Å². The highest BCUT2D eigenvalue weighted by Gasteiger charge is 2.22. The zero-order valence-electron chi connectivity index (χ0n) is 15.2. The molecule has 6 nitrogen and oxygen atoms in total. The van der Waals surface area contributed by atoms with E-state index in [9.17, 15) is 9.59 Å². The fraction of sp³-hybridized carbons (Fsp3) is 0.350. The maximum Gasteiger partial charge on any atom is 0.263 e. The molecule has 0 atom stereocenters. The molecule has 27 heavy (non-hydrogen) atoms. The van der Waals surface area contributed by atoms with Crippen molar-refractivity contribution in [2.75, 3.05) is 0 Å². The Morgan fingerprint density at radius 3 is 2.85 bits per heavy atom. The number of aromatic nitrogens is 3. The number of hydrogen-bond acceptors (Lipinski definition) is 4. The van der Waals surface area contributed by atoms with Crippen molar-refractivity contribution >= 4 is 17.2 Å². The summed E-state index contributed by atoms with van der Waals surface area (Å²) < 4.78 is 3.53. The molecule has 1 amide bonds. The van der Waals surface area contributed by atoms with Crippen molar-refractivity contribution in [1.82, 2.24) is 19.7 Å². The number of carbonyl (C=O) groups is 1. The molecule has 0 radical (unpaired) electrons. The Bertz CT molecular complexity index is 997. The van der Waals surface area contributed by atoms with Crippen LogP contribution in [0.2, 0.25) is 0 Å². The molecule has 0 bridgehead atoms. The third kappa shape index (κ3) is 3.60. The number of pyridine rings is 1.